The fourth-order valence-electron chi connectivity index (χ4n) is 2.06. The molecule has 0 atom stereocenters. The number of anilines is 1. The topological polar surface area (TPSA) is 97.8 Å². The number of hydrogen-bond donors (Lipinski definition) is 2. The van der Waals surface area contributed by atoms with Crippen LogP contribution in [0.5, 0.6) is 11.5 Å². The van der Waals surface area contributed by atoms with Crippen molar-refractivity contribution < 1.29 is 24.2 Å². The number of ether oxygens (including phenoxy) is 2. The molecule has 0 radical (unpaired) electrons. The lowest BCUT2D eigenvalue weighted by molar-refractivity contribution is -0.136. The van der Waals surface area contributed by atoms with E-state index in [9.17, 15) is 9.59 Å². The van der Waals surface area contributed by atoms with Crippen molar-refractivity contribution in [1.82, 2.24) is 4.98 Å². The summed E-state index contributed by atoms with van der Waals surface area (Å²) in [7, 11) is 1.56. The normalized spacial score (nSPS) is 10.9. The van der Waals surface area contributed by atoms with Crippen LogP contribution in [0.15, 0.2) is 29.7 Å². The van der Waals surface area contributed by atoms with Crippen molar-refractivity contribution in [3.63, 3.8) is 0 Å². The third-order valence-electron chi connectivity index (χ3n) is 3.09. The number of methoxy groups -OCH3 is 1. The third kappa shape index (κ3) is 5.89. The van der Waals surface area contributed by atoms with Crippen LogP contribution in [-0.2, 0) is 16.0 Å². The maximum Gasteiger partial charge on any atom is 0.309 e. The molecule has 1 aromatic heterocycles. The van der Waals surface area contributed by atoms with Crippen molar-refractivity contribution in [3.8, 4) is 11.5 Å². The Hall–Kier alpha value is -2.87. The number of carbonyl (C=O) groups is 2. The third-order valence-corrected chi connectivity index (χ3v) is 3.90. The number of aliphatic carboxylic acids is 1. The summed E-state index contributed by atoms with van der Waals surface area (Å²) in [6.45, 7) is 3.86. The molecule has 7 nitrogen and oxygen atoms in total. The molecule has 0 aliphatic carbocycles. The first-order valence-electron chi connectivity index (χ1n) is 7.87. The standard InChI is InChI=1S/C18H20N2O5S/c1-11(2)25-14-6-4-12(8-15(14)24-3)5-7-16(21)20-18-19-13(10-26-18)9-17(22)23/h4-8,10-11H,9H2,1-3H3,(H,22,23)(H,19,20,21)/b7-5+. The lowest BCUT2D eigenvalue weighted by Gasteiger charge is -2.13. The number of aromatic nitrogens is 1. The summed E-state index contributed by atoms with van der Waals surface area (Å²) in [4.78, 5) is 26.7. The molecule has 1 aromatic carbocycles. The van der Waals surface area contributed by atoms with Crippen molar-refractivity contribution in [2.24, 2.45) is 0 Å². The first kappa shape index (κ1) is 19.5. The van der Waals surface area contributed by atoms with Gasteiger partial charge in [-0.05, 0) is 37.6 Å². The molecule has 0 aliphatic rings. The predicted octanol–water partition coefficient (Wildman–Crippen LogP) is 3.22. The quantitative estimate of drug-likeness (QED) is 0.687. The summed E-state index contributed by atoms with van der Waals surface area (Å²) in [6, 6.07) is 5.38. The van der Waals surface area contributed by atoms with E-state index >= 15 is 0 Å². The van der Waals surface area contributed by atoms with Crippen LogP contribution < -0.4 is 14.8 Å². The molecular formula is C18H20N2O5S. The lowest BCUT2D eigenvalue weighted by atomic mass is 10.2. The fourth-order valence-corrected chi connectivity index (χ4v) is 2.77. The number of nitrogens with zero attached hydrogens (tertiary/aromatic N) is 1. The predicted molar refractivity (Wildman–Crippen MR) is 99.9 cm³/mol. The summed E-state index contributed by atoms with van der Waals surface area (Å²) in [5, 5.41) is 13.3. The molecule has 1 amide bonds. The molecular weight excluding hydrogens is 356 g/mol. The Labute approximate surface area is 155 Å². The van der Waals surface area contributed by atoms with E-state index in [-0.39, 0.29) is 18.4 Å². The SMILES string of the molecule is COc1cc(/C=C/C(=O)Nc2nc(CC(=O)O)cs2)ccc1OC(C)C. The Morgan fingerprint density at radius 1 is 1.35 bits per heavy atom. The minimum Gasteiger partial charge on any atom is -0.493 e. The van der Waals surface area contributed by atoms with Crippen LogP contribution in [0.1, 0.15) is 25.1 Å². The summed E-state index contributed by atoms with van der Waals surface area (Å²) in [5.41, 5.74) is 1.19. The van der Waals surface area contributed by atoms with E-state index in [1.807, 2.05) is 19.9 Å². The number of thiazole rings is 1. The van der Waals surface area contributed by atoms with Gasteiger partial charge in [-0.3, -0.25) is 14.9 Å². The van der Waals surface area contributed by atoms with Gasteiger partial charge in [0.25, 0.3) is 0 Å². The zero-order chi connectivity index (χ0) is 19.1. The van der Waals surface area contributed by atoms with Gasteiger partial charge < -0.3 is 14.6 Å². The average Bonchev–Trinajstić information content (AvgIpc) is 2.99. The molecule has 2 N–H and O–H groups in total. The minimum absolute atomic E-state index is 0.0281. The molecule has 0 fully saturated rings. The Morgan fingerprint density at radius 3 is 2.77 bits per heavy atom. The Morgan fingerprint density at radius 2 is 2.12 bits per heavy atom. The van der Waals surface area contributed by atoms with Crippen molar-refractivity contribution >= 4 is 34.4 Å². The van der Waals surface area contributed by atoms with Gasteiger partial charge in [0.1, 0.15) is 0 Å². The molecule has 0 saturated heterocycles. The largest absolute Gasteiger partial charge is 0.493 e. The van der Waals surface area contributed by atoms with Crippen molar-refractivity contribution in [1.29, 1.82) is 0 Å². The number of carbonyl (C=O) groups excluding carboxylic acids is 1. The highest BCUT2D eigenvalue weighted by atomic mass is 32.1. The summed E-state index contributed by atoms with van der Waals surface area (Å²) in [5.74, 6) is -0.105. The molecule has 0 bridgehead atoms. The first-order chi connectivity index (χ1) is 12.4. The van der Waals surface area contributed by atoms with E-state index in [4.69, 9.17) is 14.6 Å². The van der Waals surface area contributed by atoms with Crippen molar-refractivity contribution in [2.45, 2.75) is 26.4 Å². The van der Waals surface area contributed by atoms with Gasteiger partial charge in [0.2, 0.25) is 5.91 Å². The Balaban J connectivity index is 2.01. The van der Waals surface area contributed by atoms with E-state index in [1.165, 1.54) is 17.4 Å². The lowest BCUT2D eigenvalue weighted by Crippen LogP contribution is -2.08. The monoisotopic (exact) mass is 376 g/mol. The van der Waals surface area contributed by atoms with Gasteiger partial charge in [-0.25, -0.2) is 4.98 Å². The zero-order valence-corrected chi connectivity index (χ0v) is 15.5. The average molecular weight is 376 g/mol. The molecule has 8 heteroatoms. The Bertz CT molecular complexity index is 814. The molecule has 26 heavy (non-hydrogen) atoms. The number of hydrogen-bond acceptors (Lipinski definition) is 6. The van der Waals surface area contributed by atoms with Gasteiger partial charge >= 0.3 is 5.97 Å². The van der Waals surface area contributed by atoms with Gasteiger partial charge in [0, 0.05) is 11.5 Å². The van der Waals surface area contributed by atoms with Crippen LogP contribution in [0.3, 0.4) is 0 Å². The highest BCUT2D eigenvalue weighted by molar-refractivity contribution is 7.14. The van der Waals surface area contributed by atoms with Gasteiger partial charge in [0.05, 0.1) is 25.3 Å². The fraction of sp³-hybridized carbons (Fsp3) is 0.278. The molecule has 0 unspecified atom stereocenters. The summed E-state index contributed by atoms with van der Waals surface area (Å²) in [6.07, 6.45) is 2.87. The molecule has 2 aromatic rings. The van der Waals surface area contributed by atoms with Crippen LogP contribution in [0.25, 0.3) is 6.08 Å². The molecule has 138 valence electrons. The second-order valence-electron chi connectivity index (χ2n) is 5.61. The second kappa shape index (κ2) is 9.00. The van der Waals surface area contributed by atoms with E-state index in [0.717, 1.165) is 5.56 Å². The van der Waals surface area contributed by atoms with Gasteiger partial charge in [-0.1, -0.05) is 6.07 Å². The summed E-state index contributed by atoms with van der Waals surface area (Å²) >= 11 is 1.18. The molecule has 0 spiro atoms. The number of amides is 1. The van der Waals surface area contributed by atoms with E-state index in [0.29, 0.717) is 22.3 Å². The van der Waals surface area contributed by atoms with E-state index in [1.54, 1.807) is 30.7 Å². The van der Waals surface area contributed by atoms with E-state index < -0.39 is 5.97 Å². The number of rotatable bonds is 8. The highest BCUT2D eigenvalue weighted by Gasteiger charge is 2.09. The van der Waals surface area contributed by atoms with Crippen molar-refractivity contribution in [3.05, 3.63) is 40.9 Å². The van der Waals surface area contributed by atoms with Gasteiger partial charge in [-0.15, -0.1) is 11.3 Å². The Kier molecular flexibility index (Phi) is 6.74. The number of benzene rings is 1. The van der Waals surface area contributed by atoms with Crippen LogP contribution in [0.2, 0.25) is 0 Å². The zero-order valence-electron chi connectivity index (χ0n) is 14.7. The van der Waals surface area contributed by atoms with Crippen LogP contribution >= 0.6 is 11.3 Å². The van der Waals surface area contributed by atoms with Crippen molar-refractivity contribution in [2.75, 3.05) is 12.4 Å². The number of carboxylic acids is 1. The van der Waals surface area contributed by atoms with Gasteiger partial charge in [0.15, 0.2) is 16.6 Å². The smallest absolute Gasteiger partial charge is 0.309 e. The molecule has 0 saturated carbocycles. The maximum atomic E-state index is 12.0. The number of carboxylic acid groups (broad SMARTS) is 1. The maximum absolute atomic E-state index is 12.0. The van der Waals surface area contributed by atoms with Crippen LogP contribution in [0, 0.1) is 0 Å². The first-order valence-corrected chi connectivity index (χ1v) is 8.75. The second-order valence-corrected chi connectivity index (χ2v) is 6.47. The molecule has 0 aliphatic heterocycles. The highest BCUT2D eigenvalue weighted by Crippen LogP contribution is 2.29. The van der Waals surface area contributed by atoms with Crippen LogP contribution in [-0.4, -0.2) is 35.2 Å². The van der Waals surface area contributed by atoms with Crippen LogP contribution in [0.4, 0.5) is 5.13 Å². The number of nitrogens with one attached hydrogen (secondary N) is 1. The molecule has 1 heterocycles. The van der Waals surface area contributed by atoms with E-state index in [2.05, 4.69) is 10.3 Å². The summed E-state index contributed by atoms with van der Waals surface area (Å²) < 4.78 is 11.0. The van der Waals surface area contributed by atoms with Gasteiger partial charge in [-0.2, -0.15) is 0 Å². The molecule has 2 rings (SSSR count). The minimum atomic E-state index is -0.966.